The largest absolute Gasteiger partial charge is 0.496 e. The average Bonchev–Trinajstić information content (AvgIpc) is 2.70. The highest BCUT2D eigenvalue weighted by atomic mass is 79.9. The monoisotopic (exact) mass is 461 g/mol. The van der Waals surface area contributed by atoms with Crippen LogP contribution in [0.15, 0.2) is 52.0 Å². The Morgan fingerprint density at radius 1 is 1.10 bits per heavy atom. The lowest BCUT2D eigenvalue weighted by Gasteiger charge is -2.10. The fourth-order valence-electron chi connectivity index (χ4n) is 2.43. The van der Waals surface area contributed by atoms with Crippen LogP contribution in [0.1, 0.15) is 24.5 Å². The van der Waals surface area contributed by atoms with Gasteiger partial charge in [-0.2, -0.15) is 5.10 Å². The summed E-state index contributed by atoms with van der Waals surface area (Å²) in [6.07, 6.45) is 0.0692. The van der Waals surface area contributed by atoms with Crippen LogP contribution in [0.5, 0.6) is 11.5 Å². The third-order valence-electron chi connectivity index (χ3n) is 3.90. The van der Waals surface area contributed by atoms with Crippen LogP contribution in [0.4, 0.5) is 0 Å². The second-order valence-corrected chi connectivity index (χ2v) is 7.22. The average molecular weight is 462 g/mol. The number of carbonyl (C=O) groups excluding carboxylic acids is 2. The molecule has 2 rings (SSSR count). The van der Waals surface area contributed by atoms with E-state index in [0.717, 1.165) is 15.6 Å². The molecule has 0 spiro atoms. The molecule has 154 valence electrons. The molecule has 0 fully saturated rings. The Balaban J connectivity index is 1.75. The van der Waals surface area contributed by atoms with E-state index in [0.29, 0.717) is 23.8 Å². The van der Waals surface area contributed by atoms with E-state index >= 15 is 0 Å². The van der Waals surface area contributed by atoms with E-state index in [9.17, 15) is 9.59 Å². The predicted molar refractivity (Wildman–Crippen MR) is 115 cm³/mol. The Hall–Kier alpha value is -2.87. The third-order valence-corrected chi connectivity index (χ3v) is 4.52. The predicted octanol–water partition coefficient (Wildman–Crippen LogP) is 3.34. The summed E-state index contributed by atoms with van der Waals surface area (Å²) in [6, 6.07) is 13.0. The Morgan fingerprint density at radius 3 is 2.59 bits per heavy atom. The van der Waals surface area contributed by atoms with Gasteiger partial charge in [0, 0.05) is 17.8 Å². The number of para-hydroxylation sites is 1. The summed E-state index contributed by atoms with van der Waals surface area (Å²) in [4.78, 5) is 24.0. The van der Waals surface area contributed by atoms with Gasteiger partial charge in [-0.05, 0) is 53.5 Å². The van der Waals surface area contributed by atoms with E-state index in [1.54, 1.807) is 20.1 Å². The maximum absolute atomic E-state index is 12.1. The van der Waals surface area contributed by atoms with Crippen molar-refractivity contribution < 1.29 is 19.1 Å². The lowest BCUT2D eigenvalue weighted by atomic mass is 10.2. The summed E-state index contributed by atoms with van der Waals surface area (Å²) in [6.45, 7) is 3.80. The number of hydrogen-bond donors (Lipinski definition) is 2. The van der Waals surface area contributed by atoms with Crippen molar-refractivity contribution >= 4 is 33.5 Å². The zero-order valence-corrected chi connectivity index (χ0v) is 18.2. The molecule has 0 saturated carbocycles. The number of nitrogens with one attached hydrogen (secondary N) is 2. The molecule has 8 heteroatoms. The highest BCUT2D eigenvalue weighted by Crippen LogP contribution is 2.25. The maximum Gasteiger partial charge on any atom is 0.277 e. The Bertz CT molecular complexity index is 899. The molecule has 0 bridgehead atoms. The Labute approximate surface area is 178 Å². The summed E-state index contributed by atoms with van der Waals surface area (Å²) in [5.41, 5.74) is 4.83. The number of rotatable bonds is 9. The van der Waals surface area contributed by atoms with Crippen LogP contribution >= 0.6 is 15.9 Å². The molecule has 2 aromatic carbocycles. The van der Waals surface area contributed by atoms with Gasteiger partial charge in [0.25, 0.3) is 5.91 Å². The molecule has 0 unspecified atom stereocenters. The lowest BCUT2D eigenvalue weighted by Crippen LogP contribution is -2.28. The summed E-state index contributed by atoms with van der Waals surface area (Å²) < 4.78 is 11.5. The standard InChI is InChI=1S/C21H24BrN3O4/c1-14-8-9-19(17(22)10-14)29-13-21(27)25-24-15(2)11-20(26)23-12-16-6-4-5-7-18(16)28-3/h4-10H,11-13H2,1-3H3,(H,23,26)(H,25,27)/b24-15+. The zero-order chi connectivity index (χ0) is 21.2. The summed E-state index contributed by atoms with van der Waals surface area (Å²) >= 11 is 3.39. The van der Waals surface area contributed by atoms with Gasteiger partial charge in [-0.25, -0.2) is 5.43 Å². The Morgan fingerprint density at radius 2 is 1.86 bits per heavy atom. The molecule has 0 aliphatic rings. The number of halogens is 1. The van der Waals surface area contributed by atoms with Crippen molar-refractivity contribution in [3.05, 3.63) is 58.1 Å². The fourth-order valence-corrected chi connectivity index (χ4v) is 3.04. The van der Waals surface area contributed by atoms with E-state index in [1.807, 2.05) is 43.3 Å². The molecule has 0 aliphatic heterocycles. The smallest absolute Gasteiger partial charge is 0.277 e. The topological polar surface area (TPSA) is 89.0 Å². The first kappa shape index (κ1) is 22.4. The number of hydrogen-bond acceptors (Lipinski definition) is 5. The van der Waals surface area contributed by atoms with Gasteiger partial charge in [0.2, 0.25) is 5.91 Å². The van der Waals surface area contributed by atoms with Crippen molar-refractivity contribution in [1.29, 1.82) is 0 Å². The second-order valence-electron chi connectivity index (χ2n) is 6.37. The molecule has 0 heterocycles. The SMILES string of the molecule is COc1ccccc1CNC(=O)C/C(C)=N/NC(=O)COc1ccc(C)cc1Br. The van der Waals surface area contributed by atoms with E-state index in [-0.39, 0.29) is 18.9 Å². The molecule has 2 amide bonds. The number of aryl methyl sites for hydroxylation is 1. The minimum Gasteiger partial charge on any atom is -0.496 e. The van der Waals surface area contributed by atoms with Crippen LogP contribution in [0.25, 0.3) is 0 Å². The molecule has 2 aromatic rings. The molecular formula is C21H24BrN3O4. The van der Waals surface area contributed by atoms with Gasteiger partial charge in [0.15, 0.2) is 6.61 Å². The minimum atomic E-state index is -0.411. The van der Waals surface area contributed by atoms with Crippen molar-refractivity contribution in [2.45, 2.75) is 26.8 Å². The highest BCUT2D eigenvalue weighted by molar-refractivity contribution is 9.10. The van der Waals surface area contributed by atoms with Crippen LogP contribution < -0.4 is 20.2 Å². The normalized spacial score (nSPS) is 11.0. The summed E-state index contributed by atoms with van der Waals surface area (Å²) in [5, 5.41) is 6.75. The van der Waals surface area contributed by atoms with Gasteiger partial charge < -0.3 is 14.8 Å². The van der Waals surface area contributed by atoms with E-state index in [4.69, 9.17) is 9.47 Å². The second kappa shape index (κ2) is 11.2. The van der Waals surface area contributed by atoms with Gasteiger partial charge in [-0.1, -0.05) is 24.3 Å². The van der Waals surface area contributed by atoms with Gasteiger partial charge >= 0.3 is 0 Å². The quantitative estimate of drug-likeness (QED) is 0.442. The summed E-state index contributed by atoms with van der Waals surface area (Å²) in [7, 11) is 1.58. The van der Waals surface area contributed by atoms with Crippen molar-refractivity contribution in [2.24, 2.45) is 5.10 Å². The molecular weight excluding hydrogens is 438 g/mol. The van der Waals surface area contributed by atoms with Crippen LogP contribution in [0.3, 0.4) is 0 Å². The molecule has 2 N–H and O–H groups in total. The zero-order valence-electron chi connectivity index (χ0n) is 16.6. The first-order valence-corrected chi connectivity index (χ1v) is 9.78. The molecule has 0 atom stereocenters. The number of hydrazone groups is 1. The van der Waals surface area contributed by atoms with Crippen LogP contribution in [0, 0.1) is 6.92 Å². The van der Waals surface area contributed by atoms with Crippen molar-refractivity contribution in [1.82, 2.24) is 10.7 Å². The van der Waals surface area contributed by atoms with Gasteiger partial charge in [0.1, 0.15) is 11.5 Å². The van der Waals surface area contributed by atoms with Crippen molar-refractivity contribution in [3.63, 3.8) is 0 Å². The van der Waals surface area contributed by atoms with Crippen LogP contribution in [-0.2, 0) is 16.1 Å². The number of methoxy groups -OCH3 is 1. The lowest BCUT2D eigenvalue weighted by molar-refractivity contribution is -0.123. The van der Waals surface area contributed by atoms with Gasteiger partial charge in [0.05, 0.1) is 18.0 Å². The van der Waals surface area contributed by atoms with Gasteiger partial charge in [-0.3, -0.25) is 9.59 Å². The molecule has 0 saturated heterocycles. The highest BCUT2D eigenvalue weighted by Gasteiger charge is 2.08. The van der Waals surface area contributed by atoms with Crippen molar-refractivity contribution in [2.75, 3.05) is 13.7 Å². The number of benzene rings is 2. The number of ether oxygens (including phenoxy) is 2. The number of nitrogens with zero attached hydrogens (tertiary/aromatic N) is 1. The van der Waals surface area contributed by atoms with E-state index in [2.05, 4.69) is 31.8 Å². The minimum absolute atomic E-state index is 0.0692. The molecule has 0 aliphatic carbocycles. The van der Waals surface area contributed by atoms with Crippen LogP contribution in [-0.4, -0.2) is 31.2 Å². The van der Waals surface area contributed by atoms with Crippen LogP contribution in [0.2, 0.25) is 0 Å². The molecule has 0 aromatic heterocycles. The first-order chi connectivity index (χ1) is 13.9. The molecule has 0 radical (unpaired) electrons. The maximum atomic E-state index is 12.1. The fraction of sp³-hybridized carbons (Fsp3) is 0.286. The third kappa shape index (κ3) is 7.57. The van der Waals surface area contributed by atoms with E-state index in [1.165, 1.54) is 0 Å². The first-order valence-electron chi connectivity index (χ1n) is 8.98. The number of amides is 2. The molecule has 29 heavy (non-hydrogen) atoms. The van der Waals surface area contributed by atoms with Crippen molar-refractivity contribution in [3.8, 4) is 11.5 Å². The van der Waals surface area contributed by atoms with E-state index < -0.39 is 5.91 Å². The number of carbonyl (C=O) groups is 2. The van der Waals surface area contributed by atoms with Gasteiger partial charge in [-0.15, -0.1) is 0 Å². The Kier molecular flexibility index (Phi) is 8.67. The summed E-state index contributed by atoms with van der Waals surface area (Å²) in [5.74, 6) is 0.672. The molecule has 7 nitrogen and oxygen atoms in total.